The van der Waals surface area contributed by atoms with E-state index in [1.165, 1.54) is 12.5 Å². The number of hydrogen-bond donors (Lipinski definition) is 0. The van der Waals surface area contributed by atoms with Crippen LogP contribution in [0.25, 0.3) is 0 Å². The molecule has 0 N–H and O–H groups in total. The normalized spacial score (nSPS) is 21.5. The molecule has 0 unspecified atom stereocenters. The Morgan fingerprint density at radius 3 is 3.14 bits per heavy atom. The average Bonchev–Trinajstić information content (AvgIpc) is 2.88. The molecular formula is C10H13NO3. The van der Waals surface area contributed by atoms with Crippen molar-refractivity contribution >= 4 is 5.91 Å². The molecule has 1 fully saturated rings. The highest BCUT2D eigenvalue weighted by atomic mass is 16.5. The van der Waals surface area contributed by atoms with Crippen LogP contribution in [0, 0.1) is 0 Å². The largest absolute Gasteiger partial charge is 0.472 e. The molecule has 76 valence electrons. The smallest absolute Gasteiger partial charge is 0.257 e. The number of amides is 1. The van der Waals surface area contributed by atoms with E-state index in [0.717, 1.165) is 13.0 Å². The molecule has 1 aliphatic rings. The van der Waals surface area contributed by atoms with Crippen molar-refractivity contribution in [2.45, 2.75) is 12.5 Å². The highest BCUT2D eigenvalue weighted by Gasteiger charge is 2.26. The fraction of sp³-hybridized carbons (Fsp3) is 0.500. The first-order valence-corrected chi connectivity index (χ1v) is 4.65. The molecule has 1 aromatic heterocycles. The maximum atomic E-state index is 11.8. The summed E-state index contributed by atoms with van der Waals surface area (Å²) in [5, 5.41) is 0. The molecule has 4 heteroatoms. The van der Waals surface area contributed by atoms with Crippen molar-refractivity contribution in [1.29, 1.82) is 0 Å². The molecule has 1 aromatic rings. The Bertz CT molecular complexity index is 307. The lowest BCUT2D eigenvalue weighted by Gasteiger charge is -2.14. The number of likely N-dealkylation sites (tertiary alicyclic amines) is 1. The first kappa shape index (κ1) is 9.27. The summed E-state index contributed by atoms with van der Waals surface area (Å²) in [6, 6.07) is 1.68. The Morgan fingerprint density at radius 1 is 1.71 bits per heavy atom. The van der Waals surface area contributed by atoms with Gasteiger partial charge >= 0.3 is 0 Å². The summed E-state index contributed by atoms with van der Waals surface area (Å²) in [4.78, 5) is 13.6. The van der Waals surface area contributed by atoms with Crippen LogP contribution in [0.4, 0.5) is 0 Å². The molecule has 0 aromatic carbocycles. The van der Waals surface area contributed by atoms with Gasteiger partial charge in [0.2, 0.25) is 0 Å². The van der Waals surface area contributed by atoms with Gasteiger partial charge in [-0.05, 0) is 12.5 Å². The van der Waals surface area contributed by atoms with Crippen molar-refractivity contribution in [3.05, 3.63) is 24.2 Å². The van der Waals surface area contributed by atoms with E-state index < -0.39 is 0 Å². The fourth-order valence-electron chi connectivity index (χ4n) is 1.67. The Hall–Kier alpha value is -1.29. The Kier molecular flexibility index (Phi) is 2.54. The summed E-state index contributed by atoms with van der Waals surface area (Å²) >= 11 is 0. The van der Waals surface area contributed by atoms with Crippen LogP contribution in [0.2, 0.25) is 0 Å². The Labute approximate surface area is 82.4 Å². The number of carbonyl (C=O) groups is 1. The minimum Gasteiger partial charge on any atom is -0.472 e. The molecule has 0 radical (unpaired) electrons. The fourth-order valence-corrected chi connectivity index (χ4v) is 1.67. The van der Waals surface area contributed by atoms with Gasteiger partial charge in [0, 0.05) is 20.2 Å². The van der Waals surface area contributed by atoms with Crippen molar-refractivity contribution in [2.24, 2.45) is 0 Å². The van der Waals surface area contributed by atoms with Gasteiger partial charge < -0.3 is 14.1 Å². The van der Waals surface area contributed by atoms with Gasteiger partial charge in [-0.3, -0.25) is 4.79 Å². The lowest BCUT2D eigenvalue weighted by Crippen LogP contribution is -2.29. The quantitative estimate of drug-likeness (QED) is 0.710. The minimum atomic E-state index is 0.0262. The second-order valence-electron chi connectivity index (χ2n) is 3.41. The van der Waals surface area contributed by atoms with Crippen LogP contribution in [0.15, 0.2) is 23.0 Å². The monoisotopic (exact) mass is 195 g/mol. The van der Waals surface area contributed by atoms with E-state index in [4.69, 9.17) is 9.15 Å². The number of ether oxygens (including phenoxy) is 1. The molecule has 0 aliphatic carbocycles. The third-order valence-corrected chi connectivity index (χ3v) is 2.53. The van der Waals surface area contributed by atoms with Gasteiger partial charge in [-0.25, -0.2) is 0 Å². The summed E-state index contributed by atoms with van der Waals surface area (Å²) in [6.45, 7) is 1.45. The van der Waals surface area contributed by atoms with Crippen molar-refractivity contribution in [2.75, 3.05) is 20.2 Å². The van der Waals surface area contributed by atoms with Gasteiger partial charge in [0.1, 0.15) is 6.26 Å². The topological polar surface area (TPSA) is 42.7 Å². The molecule has 2 heterocycles. The van der Waals surface area contributed by atoms with Crippen LogP contribution < -0.4 is 0 Å². The first-order valence-electron chi connectivity index (χ1n) is 4.65. The number of hydrogen-bond acceptors (Lipinski definition) is 3. The molecule has 1 amide bonds. The van der Waals surface area contributed by atoms with Gasteiger partial charge in [-0.2, -0.15) is 0 Å². The predicted octanol–water partition coefficient (Wildman–Crippen LogP) is 1.14. The van der Waals surface area contributed by atoms with Crippen LogP contribution in [0.3, 0.4) is 0 Å². The van der Waals surface area contributed by atoms with Gasteiger partial charge in [0.25, 0.3) is 5.91 Å². The molecule has 1 aliphatic heterocycles. The predicted molar refractivity (Wildman–Crippen MR) is 50.0 cm³/mol. The van der Waals surface area contributed by atoms with Crippen molar-refractivity contribution < 1.29 is 13.9 Å². The van der Waals surface area contributed by atoms with E-state index in [1.807, 2.05) is 0 Å². The lowest BCUT2D eigenvalue weighted by molar-refractivity contribution is 0.0723. The third-order valence-electron chi connectivity index (χ3n) is 2.53. The molecule has 1 saturated heterocycles. The summed E-state index contributed by atoms with van der Waals surface area (Å²) in [7, 11) is 1.68. The van der Waals surface area contributed by atoms with Crippen LogP contribution in [-0.2, 0) is 4.74 Å². The summed E-state index contributed by atoms with van der Waals surface area (Å²) in [5.41, 5.74) is 0.613. The van der Waals surface area contributed by atoms with Crippen LogP contribution in [-0.4, -0.2) is 37.1 Å². The van der Waals surface area contributed by atoms with Gasteiger partial charge in [0.15, 0.2) is 0 Å². The first-order chi connectivity index (χ1) is 6.81. The third kappa shape index (κ3) is 1.65. The maximum Gasteiger partial charge on any atom is 0.257 e. The van der Waals surface area contributed by atoms with Crippen LogP contribution >= 0.6 is 0 Å². The maximum absolute atomic E-state index is 11.8. The van der Waals surface area contributed by atoms with Gasteiger partial charge in [0.05, 0.1) is 17.9 Å². The SMILES string of the molecule is CO[C@H]1CCN(C(=O)c2ccoc2)C1. The number of furan rings is 1. The highest BCUT2D eigenvalue weighted by molar-refractivity contribution is 5.94. The molecule has 1 atom stereocenters. The Morgan fingerprint density at radius 2 is 2.57 bits per heavy atom. The summed E-state index contributed by atoms with van der Waals surface area (Å²) in [5.74, 6) is 0.0262. The molecule has 0 spiro atoms. The summed E-state index contributed by atoms with van der Waals surface area (Å²) in [6.07, 6.45) is 4.09. The van der Waals surface area contributed by atoms with E-state index in [2.05, 4.69) is 0 Å². The molecule has 4 nitrogen and oxygen atoms in total. The second-order valence-corrected chi connectivity index (χ2v) is 3.41. The lowest BCUT2D eigenvalue weighted by atomic mass is 10.3. The summed E-state index contributed by atoms with van der Waals surface area (Å²) < 4.78 is 10.1. The van der Waals surface area contributed by atoms with Crippen LogP contribution in [0.5, 0.6) is 0 Å². The van der Waals surface area contributed by atoms with E-state index in [0.29, 0.717) is 12.1 Å². The number of rotatable bonds is 2. The number of nitrogens with zero attached hydrogens (tertiary/aromatic N) is 1. The Balaban J connectivity index is 2.00. The molecule has 2 rings (SSSR count). The number of methoxy groups -OCH3 is 1. The second kappa shape index (κ2) is 3.84. The average molecular weight is 195 g/mol. The molecule has 14 heavy (non-hydrogen) atoms. The van der Waals surface area contributed by atoms with Crippen molar-refractivity contribution in [1.82, 2.24) is 4.90 Å². The zero-order valence-corrected chi connectivity index (χ0v) is 8.10. The van der Waals surface area contributed by atoms with E-state index in [9.17, 15) is 4.79 Å². The van der Waals surface area contributed by atoms with Crippen molar-refractivity contribution in [3.8, 4) is 0 Å². The minimum absolute atomic E-state index is 0.0262. The van der Waals surface area contributed by atoms with Crippen LogP contribution in [0.1, 0.15) is 16.8 Å². The zero-order chi connectivity index (χ0) is 9.97. The zero-order valence-electron chi connectivity index (χ0n) is 8.10. The highest BCUT2D eigenvalue weighted by Crippen LogP contribution is 2.15. The van der Waals surface area contributed by atoms with Crippen molar-refractivity contribution in [3.63, 3.8) is 0 Å². The van der Waals surface area contributed by atoms with Gasteiger partial charge in [-0.1, -0.05) is 0 Å². The standard InChI is InChI=1S/C10H13NO3/c1-13-9-2-4-11(6-9)10(12)8-3-5-14-7-8/h3,5,7,9H,2,4,6H2,1H3/t9-/m0/s1. The van der Waals surface area contributed by atoms with Gasteiger partial charge in [-0.15, -0.1) is 0 Å². The van der Waals surface area contributed by atoms with E-state index in [-0.39, 0.29) is 12.0 Å². The molecule has 0 bridgehead atoms. The van der Waals surface area contributed by atoms with E-state index in [1.54, 1.807) is 18.1 Å². The molecule has 0 saturated carbocycles. The number of carbonyl (C=O) groups excluding carboxylic acids is 1. The van der Waals surface area contributed by atoms with E-state index >= 15 is 0 Å². The molecular weight excluding hydrogens is 182 g/mol.